The van der Waals surface area contributed by atoms with Crippen LogP contribution in [0.5, 0.6) is 0 Å². The third kappa shape index (κ3) is 2.37. The van der Waals surface area contributed by atoms with Gasteiger partial charge in [-0.3, -0.25) is 0 Å². The first-order valence-corrected chi connectivity index (χ1v) is 4.93. The van der Waals surface area contributed by atoms with E-state index in [4.69, 9.17) is 23.2 Å². The summed E-state index contributed by atoms with van der Waals surface area (Å²) in [6.07, 6.45) is -2.56. The Balaban J connectivity index is 3.15. The molecule has 0 saturated carbocycles. The van der Waals surface area contributed by atoms with Gasteiger partial charge in [0, 0.05) is 5.02 Å². The molecule has 0 N–H and O–H groups in total. The van der Waals surface area contributed by atoms with Crippen LogP contribution in [-0.4, -0.2) is 6.43 Å². The fourth-order valence-corrected chi connectivity index (χ4v) is 1.69. The SMILES string of the molecule is Cc1cc(C(Cl)C(F)F)c(C)cc1Cl. The van der Waals surface area contributed by atoms with Crippen molar-refractivity contribution >= 4 is 23.2 Å². The summed E-state index contributed by atoms with van der Waals surface area (Å²) in [6.45, 7) is 3.48. The first kappa shape index (κ1) is 11.7. The quantitative estimate of drug-likeness (QED) is 0.666. The fraction of sp³-hybridized carbons (Fsp3) is 0.400. The lowest BCUT2D eigenvalue weighted by Gasteiger charge is -2.13. The van der Waals surface area contributed by atoms with Crippen molar-refractivity contribution in [3.63, 3.8) is 0 Å². The summed E-state index contributed by atoms with van der Waals surface area (Å²) >= 11 is 11.4. The van der Waals surface area contributed by atoms with Gasteiger partial charge in [-0.25, -0.2) is 8.78 Å². The van der Waals surface area contributed by atoms with Gasteiger partial charge in [0.05, 0.1) is 0 Å². The van der Waals surface area contributed by atoms with Gasteiger partial charge in [-0.2, -0.15) is 0 Å². The first-order chi connectivity index (χ1) is 6.43. The summed E-state index contributed by atoms with van der Waals surface area (Å²) in [6, 6.07) is 3.27. The third-order valence-electron chi connectivity index (χ3n) is 2.07. The molecular formula is C10H10Cl2F2. The van der Waals surface area contributed by atoms with Gasteiger partial charge >= 0.3 is 0 Å². The van der Waals surface area contributed by atoms with Crippen LogP contribution in [0.4, 0.5) is 8.78 Å². The normalized spacial score (nSPS) is 13.4. The molecule has 0 spiro atoms. The van der Waals surface area contributed by atoms with Gasteiger partial charge in [0.25, 0.3) is 6.43 Å². The number of hydrogen-bond donors (Lipinski definition) is 0. The molecule has 0 saturated heterocycles. The van der Waals surface area contributed by atoms with Gasteiger partial charge in [0.2, 0.25) is 0 Å². The van der Waals surface area contributed by atoms with Crippen molar-refractivity contribution in [2.45, 2.75) is 25.7 Å². The average molecular weight is 239 g/mol. The molecule has 0 nitrogen and oxygen atoms in total. The second-order valence-electron chi connectivity index (χ2n) is 3.19. The van der Waals surface area contributed by atoms with Crippen LogP contribution in [0.25, 0.3) is 0 Å². The highest BCUT2D eigenvalue weighted by Crippen LogP contribution is 2.32. The summed E-state index contributed by atoms with van der Waals surface area (Å²) in [7, 11) is 0. The molecule has 0 aliphatic carbocycles. The van der Waals surface area contributed by atoms with Crippen LogP contribution in [0, 0.1) is 13.8 Å². The molecule has 0 fully saturated rings. The van der Waals surface area contributed by atoms with E-state index < -0.39 is 11.8 Å². The molecule has 1 unspecified atom stereocenters. The number of alkyl halides is 3. The molecule has 0 aliphatic heterocycles. The lowest BCUT2D eigenvalue weighted by atomic mass is 10.0. The topological polar surface area (TPSA) is 0 Å². The third-order valence-corrected chi connectivity index (χ3v) is 2.90. The van der Waals surface area contributed by atoms with Crippen LogP contribution in [0.1, 0.15) is 22.1 Å². The van der Waals surface area contributed by atoms with Gasteiger partial charge in [0.1, 0.15) is 5.38 Å². The zero-order valence-electron chi connectivity index (χ0n) is 7.82. The Morgan fingerprint density at radius 1 is 1.14 bits per heavy atom. The summed E-state index contributed by atoms with van der Waals surface area (Å²) in [4.78, 5) is 0. The van der Waals surface area contributed by atoms with Crippen molar-refractivity contribution in [3.05, 3.63) is 33.8 Å². The summed E-state index contributed by atoms with van der Waals surface area (Å²) < 4.78 is 24.7. The number of aryl methyl sites for hydroxylation is 2. The minimum Gasteiger partial charge on any atom is -0.208 e. The van der Waals surface area contributed by atoms with Gasteiger partial charge in [-0.15, -0.1) is 11.6 Å². The number of halogens is 4. The van der Waals surface area contributed by atoms with Crippen molar-refractivity contribution < 1.29 is 8.78 Å². The molecule has 0 amide bonds. The predicted molar refractivity (Wildman–Crippen MR) is 55.5 cm³/mol. The Bertz CT molecular complexity index is 337. The molecule has 4 heteroatoms. The Kier molecular flexibility index (Phi) is 3.73. The summed E-state index contributed by atoms with van der Waals surface area (Å²) in [5.74, 6) is 0. The maximum absolute atomic E-state index is 12.4. The van der Waals surface area contributed by atoms with Crippen molar-refractivity contribution in [2.24, 2.45) is 0 Å². The average Bonchev–Trinajstić information content (AvgIpc) is 2.10. The van der Waals surface area contributed by atoms with Crippen LogP contribution in [0.3, 0.4) is 0 Å². The van der Waals surface area contributed by atoms with Crippen LogP contribution in [0.2, 0.25) is 5.02 Å². The molecule has 0 heterocycles. The molecule has 1 aromatic carbocycles. The van der Waals surface area contributed by atoms with Crippen molar-refractivity contribution in [1.82, 2.24) is 0 Å². The van der Waals surface area contributed by atoms with E-state index in [2.05, 4.69) is 0 Å². The van der Waals surface area contributed by atoms with Gasteiger partial charge in [-0.05, 0) is 36.6 Å². The molecule has 1 aromatic rings. The van der Waals surface area contributed by atoms with E-state index >= 15 is 0 Å². The molecule has 0 bridgehead atoms. The highest BCUT2D eigenvalue weighted by Gasteiger charge is 2.21. The molecular weight excluding hydrogens is 229 g/mol. The Morgan fingerprint density at radius 2 is 1.71 bits per heavy atom. The minimum atomic E-state index is -2.56. The number of rotatable bonds is 2. The molecule has 1 atom stereocenters. The van der Waals surface area contributed by atoms with Crippen molar-refractivity contribution in [3.8, 4) is 0 Å². The molecule has 1 rings (SSSR count). The van der Waals surface area contributed by atoms with Crippen molar-refractivity contribution in [2.75, 3.05) is 0 Å². The second kappa shape index (κ2) is 4.45. The lowest BCUT2D eigenvalue weighted by Crippen LogP contribution is -2.04. The van der Waals surface area contributed by atoms with E-state index in [1.807, 2.05) is 0 Å². The number of hydrogen-bond acceptors (Lipinski definition) is 0. The fourth-order valence-electron chi connectivity index (χ4n) is 1.24. The monoisotopic (exact) mass is 238 g/mol. The van der Waals surface area contributed by atoms with Crippen LogP contribution >= 0.6 is 23.2 Å². The Labute approximate surface area is 91.8 Å². The van der Waals surface area contributed by atoms with E-state index in [-0.39, 0.29) is 0 Å². The first-order valence-electron chi connectivity index (χ1n) is 4.12. The molecule has 14 heavy (non-hydrogen) atoms. The molecule has 0 aromatic heterocycles. The van der Waals surface area contributed by atoms with Crippen LogP contribution < -0.4 is 0 Å². The molecule has 78 valence electrons. The highest BCUT2D eigenvalue weighted by atomic mass is 35.5. The summed E-state index contributed by atoms with van der Waals surface area (Å²) in [5.41, 5.74) is 1.91. The van der Waals surface area contributed by atoms with Gasteiger partial charge in [0.15, 0.2) is 0 Å². The Hall–Kier alpha value is -0.340. The van der Waals surface area contributed by atoms with E-state index in [9.17, 15) is 8.78 Å². The largest absolute Gasteiger partial charge is 0.258 e. The van der Waals surface area contributed by atoms with Crippen LogP contribution in [0.15, 0.2) is 12.1 Å². The van der Waals surface area contributed by atoms with E-state index in [0.29, 0.717) is 16.1 Å². The van der Waals surface area contributed by atoms with Crippen molar-refractivity contribution in [1.29, 1.82) is 0 Å². The minimum absolute atomic E-state index is 0.448. The highest BCUT2D eigenvalue weighted by molar-refractivity contribution is 6.31. The predicted octanol–water partition coefficient (Wildman–Crippen LogP) is 4.50. The van der Waals surface area contributed by atoms with E-state index in [1.165, 1.54) is 0 Å². The maximum atomic E-state index is 12.4. The van der Waals surface area contributed by atoms with E-state index in [0.717, 1.165) is 5.56 Å². The van der Waals surface area contributed by atoms with Gasteiger partial charge < -0.3 is 0 Å². The van der Waals surface area contributed by atoms with E-state index in [1.54, 1.807) is 26.0 Å². The molecule has 0 radical (unpaired) electrons. The van der Waals surface area contributed by atoms with Gasteiger partial charge in [-0.1, -0.05) is 17.7 Å². The smallest absolute Gasteiger partial charge is 0.208 e. The second-order valence-corrected chi connectivity index (χ2v) is 4.07. The maximum Gasteiger partial charge on any atom is 0.258 e. The number of benzene rings is 1. The molecule has 0 aliphatic rings. The summed E-state index contributed by atoms with van der Waals surface area (Å²) in [5, 5.41) is -0.685. The standard InChI is InChI=1S/C10H10Cl2F2/c1-5-4-8(11)6(2)3-7(5)9(12)10(13)14/h3-4,9-10H,1-2H3. The van der Waals surface area contributed by atoms with Crippen LogP contribution in [-0.2, 0) is 0 Å². The zero-order chi connectivity index (χ0) is 10.9. The Morgan fingerprint density at radius 3 is 2.21 bits per heavy atom. The zero-order valence-corrected chi connectivity index (χ0v) is 9.33. The lowest BCUT2D eigenvalue weighted by molar-refractivity contribution is 0.142.